The minimum absolute atomic E-state index is 0.225. The number of ether oxygens (including phenoxy) is 1. The van der Waals surface area contributed by atoms with Crippen molar-refractivity contribution in [2.75, 3.05) is 6.61 Å². The van der Waals surface area contributed by atoms with Gasteiger partial charge in [-0.05, 0) is 35.4 Å². The van der Waals surface area contributed by atoms with Gasteiger partial charge in [0, 0.05) is 0 Å². The standard InChI is InChI=1S/C16H16O2S/c1-2-13-7-9-14(10-8-13)5-3-11-18-16(17)15-6-4-12-19-15/h2,4,6-10,12H,1,3,5,11H2. The molecule has 0 aliphatic carbocycles. The van der Waals surface area contributed by atoms with Crippen molar-refractivity contribution >= 4 is 23.4 Å². The third-order valence-electron chi connectivity index (χ3n) is 2.78. The first-order chi connectivity index (χ1) is 9.29. The van der Waals surface area contributed by atoms with Crippen LogP contribution in [0.25, 0.3) is 6.08 Å². The number of benzene rings is 1. The van der Waals surface area contributed by atoms with Gasteiger partial charge in [-0.25, -0.2) is 4.79 Å². The van der Waals surface area contributed by atoms with Crippen LogP contribution in [0.1, 0.15) is 27.2 Å². The fraction of sp³-hybridized carbons (Fsp3) is 0.188. The van der Waals surface area contributed by atoms with Gasteiger partial charge in [0.15, 0.2) is 0 Å². The van der Waals surface area contributed by atoms with Crippen LogP contribution < -0.4 is 0 Å². The Labute approximate surface area is 117 Å². The van der Waals surface area contributed by atoms with Crippen molar-refractivity contribution in [3.8, 4) is 0 Å². The van der Waals surface area contributed by atoms with Gasteiger partial charge in [0.25, 0.3) is 0 Å². The van der Waals surface area contributed by atoms with Crippen LogP contribution in [0.4, 0.5) is 0 Å². The van der Waals surface area contributed by atoms with Crippen molar-refractivity contribution in [3.63, 3.8) is 0 Å². The zero-order valence-corrected chi connectivity index (χ0v) is 11.5. The van der Waals surface area contributed by atoms with Crippen LogP contribution in [0, 0.1) is 0 Å². The van der Waals surface area contributed by atoms with E-state index >= 15 is 0 Å². The van der Waals surface area contributed by atoms with E-state index in [1.165, 1.54) is 16.9 Å². The third kappa shape index (κ3) is 4.07. The van der Waals surface area contributed by atoms with E-state index in [0.29, 0.717) is 11.5 Å². The summed E-state index contributed by atoms with van der Waals surface area (Å²) in [6.45, 7) is 4.18. The zero-order valence-electron chi connectivity index (χ0n) is 10.7. The Morgan fingerprint density at radius 3 is 2.68 bits per heavy atom. The molecule has 0 fully saturated rings. The fourth-order valence-electron chi connectivity index (χ4n) is 1.73. The van der Waals surface area contributed by atoms with E-state index < -0.39 is 0 Å². The first-order valence-electron chi connectivity index (χ1n) is 6.21. The topological polar surface area (TPSA) is 26.3 Å². The summed E-state index contributed by atoms with van der Waals surface area (Å²) in [5.41, 5.74) is 2.37. The largest absolute Gasteiger partial charge is 0.461 e. The number of carbonyl (C=O) groups is 1. The van der Waals surface area contributed by atoms with E-state index in [1.807, 2.05) is 29.7 Å². The molecule has 0 bridgehead atoms. The number of thiophene rings is 1. The first-order valence-corrected chi connectivity index (χ1v) is 7.09. The minimum atomic E-state index is -0.225. The SMILES string of the molecule is C=Cc1ccc(CCCOC(=O)c2cccs2)cc1. The van der Waals surface area contributed by atoms with Crippen molar-refractivity contribution < 1.29 is 9.53 Å². The highest BCUT2D eigenvalue weighted by Crippen LogP contribution is 2.11. The molecule has 1 aromatic heterocycles. The molecule has 2 aromatic rings. The molecule has 0 amide bonds. The van der Waals surface area contributed by atoms with E-state index in [4.69, 9.17) is 4.74 Å². The molecule has 2 nitrogen and oxygen atoms in total. The van der Waals surface area contributed by atoms with Crippen molar-refractivity contribution in [2.45, 2.75) is 12.8 Å². The first kappa shape index (κ1) is 13.6. The Kier molecular flexibility index (Phi) is 4.93. The summed E-state index contributed by atoms with van der Waals surface area (Å²) in [6.07, 6.45) is 3.58. The van der Waals surface area contributed by atoms with Crippen molar-refractivity contribution in [3.05, 3.63) is 64.4 Å². The zero-order chi connectivity index (χ0) is 13.5. The molecule has 3 heteroatoms. The molecule has 0 aliphatic heterocycles. The van der Waals surface area contributed by atoms with Gasteiger partial charge in [-0.1, -0.05) is 43.0 Å². The predicted molar refractivity (Wildman–Crippen MR) is 79.5 cm³/mol. The lowest BCUT2D eigenvalue weighted by Crippen LogP contribution is -2.05. The molecular formula is C16H16O2S. The van der Waals surface area contributed by atoms with E-state index in [1.54, 1.807) is 6.07 Å². The summed E-state index contributed by atoms with van der Waals surface area (Å²) in [5, 5.41) is 1.87. The number of hydrogen-bond donors (Lipinski definition) is 0. The quantitative estimate of drug-likeness (QED) is 0.582. The number of hydrogen-bond acceptors (Lipinski definition) is 3. The maximum absolute atomic E-state index is 11.6. The summed E-state index contributed by atoms with van der Waals surface area (Å²) in [7, 11) is 0. The van der Waals surface area contributed by atoms with Crippen LogP contribution in [0.2, 0.25) is 0 Å². The molecule has 19 heavy (non-hydrogen) atoms. The van der Waals surface area contributed by atoms with Crippen molar-refractivity contribution in [1.29, 1.82) is 0 Å². The number of aryl methyl sites for hydroxylation is 1. The molecule has 0 unspecified atom stereocenters. The van der Waals surface area contributed by atoms with E-state index in [2.05, 4.69) is 18.7 Å². The Bertz CT molecular complexity index is 526. The lowest BCUT2D eigenvalue weighted by molar-refractivity contribution is 0.0506. The summed E-state index contributed by atoms with van der Waals surface area (Å²) in [5.74, 6) is -0.225. The monoisotopic (exact) mass is 272 g/mol. The van der Waals surface area contributed by atoms with Gasteiger partial charge < -0.3 is 4.74 Å². The summed E-state index contributed by atoms with van der Waals surface area (Å²) in [4.78, 5) is 12.2. The Morgan fingerprint density at radius 1 is 1.26 bits per heavy atom. The Balaban J connectivity index is 1.71. The molecule has 1 aromatic carbocycles. The highest BCUT2D eigenvalue weighted by atomic mass is 32.1. The van der Waals surface area contributed by atoms with Crippen LogP contribution in [0.3, 0.4) is 0 Å². The maximum Gasteiger partial charge on any atom is 0.348 e. The Morgan fingerprint density at radius 2 is 2.05 bits per heavy atom. The molecule has 2 rings (SSSR count). The maximum atomic E-state index is 11.6. The van der Waals surface area contributed by atoms with Crippen LogP contribution in [-0.4, -0.2) is 12.6 Å². The molecule has 0 spiro atoms. The second kappa shape index (κ2) is 6.90. The lowest BCUT2D eigenvalue weighted by atomic mass is 10.1. The summed E-state index contributed by atoms with van der Waals surface area (Å²) in [6, 6.07) is 11.9. The molecule has 0 N–H and O–H groups in total. The molecule has 1 heterocycles. The number of carbonyl (C=O) groups excluding carboxylic acids is 1. The Hall–Kier alpha value is -1.87. The predicted octanol–water partition coefficient (Wildman–Crippen LogP) is 4.18. The lowest BCUT2D eigenvalue weighted by Gasteiger charge is -2.04. The van der Waals surface area contributed by atoms with Crippen LogP contribution in [0.15, 0.2) is 48.4 Å². The molecule has 0 saturated heterocycles. The second-order valence-corrected chi connectivity index (χ2v) is 5.11. The van der Waals surface area contributed by atoms with Crippen LogP contribution >= 0.6 is 11.3 Å². The van der Waals surface area contributed by atoms with Gasteiger partial charge in [0.05, 0.1) is 6.61 Å². The smallest absolute Gasteiger partial charge is 0.348 e. The average Bonchev–Trinajstić information content (AvgIpc) is 2.98. The fourth-order valence-corrected chi connectivity index (χ4v) is 2.34. The molecule has 0 aliphatic rings. The number of rotatable bonds is 6. The normalized spacial score (nSPS) is 10.1. The highest BCUT2D eigenvalue weighted by molar-refractivity contribution is 7.11. The van der Waals surface area contributed by atoms with Gasteiger partial charge in [-0.15, -0.1) is 11.3 Å². The number of esters is 1. The highest BCUT2D eigenvalue weighted by Gasteiger charge is 2.06. The summed E-state index contributed by atoms with van der Waals surface area (Å²) < 4.78 is 5.21. The molecule has 0 atom stereocenters. The van der Waals surface area contributed by atoms with Gasteiger partial charge >= 0.3 is 5.97 Å². The third-order valence-corrected chi connectivity index (χ3v) is 3.63. The molecule has 98 valence electrons. The van der Waals surface area contributed by atoms with Crippen molar-refractivity contribution in [1.82, 2.24) is 0 Å². The molecular weight excluding hydrogens is 256 g/mol. The minimum Gasteiger partial charge on any atom is -0.461 e. The summed E-state index contributed by atoms with van der Waals surface area (Å²) >= 11 is 1.41. The molecule has 0 radical (unpaired) electrons. The van der Waals surface area contributed by atoms with Gasteiger partial charge in [-0.3, -0.25) is 0 Å². The van der Waals surface area contributed by atoms with Gasteiger partial charge in [0.2, 0.25) is 0 Å². The van der Waals surface area contributed by atoms with Crippen molar-refractivity contribution in [2.24, 2.45) is 0 Å². The van der Waals surface area contributed by atoms with Gasteiger partial charge in [-0.2, -0.15) is 0 Å². The van der Waals surface area contributed by atoms with Gasteiger partial charge in [0.1, 0.15) is 4.88 Å². The van der Waals surface area contributed by atoms with E-state index in [0.717, 1.165) is 18.4 Å². The van der Waals surface area contributed by atoms with Crippen LogP contribution in [0.5, 0.6) is 0 Å². The average molecular weight is 272 g/mol. The molecule has 0 saturated carbocycles. The van der Waals surface area contributed by atoms with Crippen LogP contribution in [-0.2, 0) is 11.2 Å². The van der Waals surface area contributed by atoms with E-state index in [-0.39, 0.29) is 5.97 Å². The van der Waals surface area contributed by atoms with E-state index in [9.17, 15) is 4.79 Å². The second-order valence-electron chi connectivity index (χ2n) is 4.16.